The van der Waals surface area contributed by atoms with Crippen LogP contribution in [0.1, 0.15) is 0 Å². The third kappa shape index (κ3) is 1.38. The van der Waals surface area contributed by atoms with Crippen LogP contribution in [0.5, 0.6) is 0 Å². The van der Waals surface area contributed by atoms with E-state index in [-0.39, 0.29) is 5.69 Å². The monoisotopic (exact) mass is 323 g/mol. The Balaban J connectivity index is 2.88. The number of rotatable bonds is 1. The van der Waals surface area contributed by atoms with Gasteiger partial charge in [0.05, 0.1) is 15.7 Å². The predicted molar refractivity (Wildman–Crippen MR) is 61.2 cm³/mol. The Morgan fingerprint density at radius 1 is 1.57 bits per heavy atom. The standard InChI is InChI=1S/C8H3FINO2S/c9-5-3-6(11(12)13)7(10)8-4(5)1-2-14-8/h1-3H. The lowest BCUT2D eigenvalue weighted by Gasteiger charge is -1.98. The van der Waals surface area contributed by atoms with Gasteiger partial charge in [-0.15, -0.1) is 11.3 Å². The predicted octanol–water partition coefficient (Wildman–Crippen LogP) is 3.55. The molecule has 0 bridgehead atoms. The molecule has 2 aromatic rings. The average Bonchev–Trinajstić information content (AvgIpc) is 2.59. The number of nitro groups is 1. The molecule has 6 heteroatoms. The summed E-state index contributed by atoms with van der Waals surface area (Å²) in [6, 6.07) is 2.60. The zero-order valence-electron chi connectivity index (χ0n) is 6.66. The lowest BCUT2D eigenvalue weighted by molar-refractivity contribution is -0.385. The fourth-order valence-electron chi connectivity index (χ4n) is 1.18. The number of hydrogen-bond acceptors (Lipinski definition) is 3. The summed E-state index contributed by atoms with van der Waals surface area (Å²) in [4.78, 5) is 10.0. The number of benzene rings is 1. The summed E-state index contributed by atoms with van der Waals surface area (Å²) < 4.78 is 14.5. The molecule has 0 amide bonds. The minimum atomic E-state index is -0.565. The molecule has 0 spiro atoms. The van der Waals surface area contributed by atoms with Crippen LogP contribution in [0.4, 0.5) is 10.1 Å². The van der Waals surface area contributed by atoms with Crippen LogP contribution in [-0.4, -0.2) is 4.92 Å². The van der Waals surface area contributed by atoms with E-state index in [1.54, 1.807) is 11.4 Å². The summed E-state index contributed by atoms with van der Waals surface area (Å²) in [5.41, 5.74) is -0.168. The number of hydrogen-bond donors (Lipinski definition) is 0. The van der Waals surface area contributed by atoms with Gasteiger partial charge in [0.1, 0.15) is 9.39 Å². The molecule has 0 aliphatic rings. The Bertz CT molecular complexity index is 525. The van der Waals surface area contributed by atoms with Crippen molar-refractivity contribution < 1.29 is 9.31 Å². The lowest BCUT2D eigenvalue weighted by atomic mass is 10.2. The molecule has 0 unspecified atom stereocenters. The van der Waals surface area contributed by atoms with Crippen molar-refractivity contribution in [2.24, 2.45) is 0 Å². The molecule has 1 heterocycles. The first-order chi connectivity index (χ1) is 6.61. The van der Waals surface area contributed by atoms with Gasteiger partial charge in [-0.1, -0.05) is 0 Å². The molecule has 14 heavy (non-hydrogen) atoms. The Morgan fingerprint density at radius 2 is 2.29 bits per heavy atom. The van der Waals surface area contributed by atoms with Crippen LogP contribution in [0.25, 0.3) is 10.1 Å². The SMILES string of the molecule is O=[N+]([O-])c1cc(F)c2ccsc2c1I. The molecule has 0 saturated heterocycles. The number of nitrogens with zero attached hydrogens (tertiary/aromatic N) is 1. The summed E-state index contributed by atoms with van der Waals surface area (Å²) in [7, 11) is 0. The first kappa shape index (κ1) is 9.78. The normalized spacial score (nSPS) is 10.7. The number of thiophene rings is 1. The minimum Gasteiger partial charge on any atom is -0.258 e. The highest BCUT2D eigenvalue weighted by molar-refractivity contribution is 14.1. The summed E-state index contributed by atoms with van der Waals surface area (Å²) in [6.45, 7) is 0. The molecule has 0 aliphatic carbocycles. The third-order valence-electron chi connectivity index (χ3n) is 1.81. The Morgan fingerprint density at radius 3 is 2.93 bits per heavy atom. The van der Waals surface area contributed by atoms with Crippen LogP contribution >= 0.6 is 33.9 Å². The lowest BCUT2D eigenvalue weighted by Crippen LogP contribution is -1.92. The second kappa shape index (κ2) is 3.43. The largest absolute Gasteiger partial charge is 0.287 e. The number of halogens is 2. The van der Waals surface area contributed by atoms with Crippen molar-refractivity contribution in [3.8, 4) is 0 Å². The Hall–Kier alpha value is -0.760. The molecular weight excluding hydrogens is 320 g/mol. The molecule has 0 saturated carbocycles. The second-order valence-corrected chi connectivity index (χ2v) is 4.61. The molecule has 0 atom stereocenters. The molecule has 2 rings (SSSR count). The number of fused-ring (bicyclic) bond motifs is 1. The maximum Gasteiger partial charge on any atom is 0.287 e. The van der Waals surface area contributed by atoms with Gasteiger partial charge in [0.25, 0.3) is 5.69 Å². The van der Waals surface area contributed by atoms with Crippen LogP contribution in [-0.2, 0) is 0 Å². The van der Waals surface area contributed by atoms with E-state index in [1.807, 2.05) is 22.6 Å². The van der Waals surface area contributed by atoms with E-state index in [0.29, 0.717) is 13.7 Å². The van der Waals surface area contributed by atoms with Gasteiger partial charge < -0.3 is 0 Å². The highest BCUT2D eigenvalue weighted by atomic mass is 127. The van der Waals surface area contributed by atoms with Crippen molar-refractivity contribution >= 4 is 49.7 Å². The van der Waals surface area contributed by atoms with Crippen LogP contribution in [0, 0.1) is 19.5 Å². The number of nitro benzene ring substituents is 1. The Kier molecular flexibility index (Phi) is 2.40. The van der Waals surface area contributed by atoms with Gasteiger partial charge in [-0.2, -0.15) is 0 Å². The molecule has 0 fully saturated rings. The smallest absolute Gasteiger partial charge is 0.258 e. The van der Waals surface area contributed by atoms with E-state index < -0.39 is 10.7 Å². The first-order valence-electron chi connectivity index (χ1n) is 3.61. The van der Waals surface area contributed by atoms with Crippen molar-refractivity contribution in [2.75, 3.05) is 0 Å². The van der Waals surface area contributed by atoms with E-state index in [1.165, 1.54) is 11.3 Å². The first-order valence-corrected chi connectivity index (χ1v) is 5.56. The van der Waals surface area contributed by atoms with Crippen molar-refractivity contribution in [2.45, 2.75) is 0 Å². The van der Waals surface area contributed by atoms with E-state index in [4.69, 9.17) is 0 Å². The van der Waals surface area contributed by atoms with Gasteiger partial charge in [0, 0.05) is 5.39 Å². The van der Waals surface area contributed by atoms with Gasteiger partial charge in [0.2, 0.25) is 0 Å². The third-order valence-corrected chi connectivity index (χ3v) is 4.20. The summed E-state index contributed by atoms with van der Waals surface area (Å²) in [5, 5.41) is 12.7. The maximum atomic E-state index is 13.3. The highest BCUT2D eigenvalue weighted by Gasteiger charge is 2.18. The maximum absolute atomic E-state index is 13.3. The molecular formula is C8H3FINO2S. The fourth-order valence-corrected chi connectivity index (χ4v) is 3.04. The molecule has 0 radical (unpaired) electrons. The Labute approximate surface area is 95.8 Å². The van der Waals surface area contributed by atoms with Gasteiger partial charge in [-0.3, -0.25) is 10.1 Å². The van der Waals surface area contributed by atoms with Crippen LogP contribution in [0.2, 0.25) is 0 Å². The summed E-state index contributed by atoms with van der Waals surface area (Å²) in [6.07, 6.45) is 0. The van der Waals surface area contributed by atoms with E-state index >= 15 is 0 Å². The van der Waals surface area contributed by atoms with Crippen molar-refractivity contribution in [1.29, 1.82) is 0 Å². The van der Waals surface area contributed by atoms with Crippen molar-refractivity contribution in [1.82, 2.24) is 0 Å². The van der Waals surface area contributed by atoms with E-state index in [9.17, 15) is 14.5 Å². The average molecular weight is 323 g/mol. The highest BCUT2D eigenvalue weighted by Crippen LogP contribution is 2.34. The van der Waals surface area contributed by atoms with Gasteiger partial charge >= 0.3 is 0 Å². The molecule has 72 valence electrons. The van der Waals surface area contributed by atoms with Gasteiger partial charge in [-0.25, -0.2) is 4.39 Å². The minimum absolute atomic E-state index is 0.168. The topological polar surface area (TPSA) is 43.1 Å². The molecule has 0 aliphatic heterocycles. The second-order valence-electron chi connectivity index (χ2n) is 2.61. The molecule has 1 aromatic heterocycles. The van der Waals surface area contributed by atoms with Crippen molar-refractivity contribution in [3.05, 3.63) is 37.0 Å². The summed E-state index contributed by atoms with van der Waals surface area (Å²) in [5.74, 6) is -0.534. The zero-order valence-corrected chi connectivity index (χ0v) is 9.63. The van der Waals surface area contributed by atoms with Crippen LogP contribution in [0.15, 0.2) is 17.5 Å². The zero-order chi connectivity index (χ0) is 10.3. The molecule has 0 N–H and O–H groups in total. The van der Waals surface area contributed by atoms with Gasteiger partial charge in [-0.05, 0) is 34.0 Å². The fraction of sp³-hybridized carbons (Fsp3) is 0. The van der Waals surface area contributed by atoms with Crippen LogP contribution in [0.3, 0.4) is 0 Å². The quantitative estimate of drug-likeness (QED) is 0.458. The van der Waals surface area contributed by atoms with E-state index in [0.717, 1.165) is 6.07 Å². The molecule has 1 aromatic carbocycles. The van der Waals surface area contributed by atoms with Crippen molar-refractivity contribution in [3.63, 3.8) is 0 Å². The summed E-state index contributed by atoms with van der Waals surface area (Å²) >= 11 is 3.18. The van der Waals surface area contributed by atoms with Gasteiger partial charge in [0.15, 0.2) is 0 Å². The van der Waals surface area contributed by atoms with E-state index in [2.05, 4.69) is 0 Å². The van der Waals surface area contributed by atoms with Crippen LogP contribution < -0.4 is 0 Å². The molecule has 3 nitrogen and oxygen atoms in total.